The van der Waals surface area contributed by atoms with Gasteiger partial charge in [0.15, 0.2) is 0 Å². The topological polar surface area (TPSA) is 37.9 Å². The quantitative estimate of drug-likeness (QED) is 0.854. The van der Waals surface area contributed by atoms with E-state index in [2.05, 4.69) is 16.9 Å². The predicted molar refractivity (Wildman–Crippen MR) is 74.3 cm³/mol. The molecule has 0 bridgehead atoms. The lowest BCUT2D eigenvalue weighted by Gasteiger charge is -2.09. The van der Waals surface area contributed by atoms with Gasteiger partial charge in [-0.2, -0.15) is 0 Å². The molecule has 0 aliphatic carbocycles. The Labute approximate surface area is 112 Å². The number of aromatic amines is 1. The molecule has 4 heteroatoms. The van der Waals surface area contributed by atoms with Gasteiger partial charge in [0.05, 0.1) is 0 Å². The highest BCUT2D eigenvalue weighted by molar-refractivity contribution is 7.71. The molecule has 0 fully saturated rings. The maximum Gasteiger partial charge on any atom is 0.146 e. The van der Waals surface area contributed by atoms with Gasteiger partial charge in [0, 0.05) is 11.3 Å². The van der Waals surface area contributed by atoms with E-state index in [9.17, 15) is 0 Å². The molecule has 1 aromatic carbocycles. The second-order valence-corrected chi connectivity index (χ2v) is 4.43. The minimum atomic E-state index is 0.401. The van der Waals surface area contributed by atoms with Crippen LogP contribution in [0.25, 0.3) is 0 Å². The number of H-pyrrole nitrogens is 1. The highest BCUT2D eigenvalue weighted by Crippen LogP contribution is 2.12. The number of ether oxygens (including phenoxy) is 1. The Hall–Kier alpha value is -1.68. The van der Waals surface area contributed by atoms with E-state index in [1.807, 2.05) is 37.3 Å². The Morgan fingerprint density at radius 3 is 2.61 bits per heavy atom. The van der Waals surface area contributed by atoms with Gasteiger partial charge >= 0.3 is 0 Å². The van der Waals surface area contributed by atoms with Crippen molar-refractivity contribution in [1.29, 1.82) is 0 Å². The molecule has 1 heterocycles. The number of nitrogens with zero attached hydrogens (tertiary/aromatic N) is 1. The van der Waals surface area contributed by atoms with Crippen molar-refractivity contribution in [3.05, 3.63) is 52.1 Å². The van der Waals surface area contributed by atoms with Gasteiger partial charge in [-0.05, 0) is 25.5 Å². The number of rotatable bonds is 4. The lowest BCUT2D eigenvalue weighted by molar-refractivity contribution is 0.295. The molecule has 0 saturated carbocycles. The summed E-state index contributed by atoms with van der Waals surface area (Å²) in [5, 5.41) is 0. The fourth-order valence-electron chi connectivity index (χ4n) is 1.82. The molecule has 0 unspecified atom stereocenters. The lowest BCUT2D eigenvalue weighted by Crippen LogP contribution is -2.05. The Morgan fingerprint density at radius 1 is 1.28 bits per heavy atom. The van der Waals surface area contributed by atoms with Crippen LogP contribution >= 0.6 is 12.2 Å². The van der Waals surface area contributed by atoms with Gasteiger partial charge in [0.1, 0.15) is 22.8 Å². The summed E-state index contributed by atoms with van der Waals surface area (Å²) in [7, 11) is 0. The highest BCUT2D eigenvalue weighted by Gasteiger charge is 2.04. The van der Waals surface area contributed by atoms with E-state index in [1.165, 1.54) is 0 Å². The molecule has 0 aliphatic heterocycles. The first kappa shape index (κ1) is 12.8. The van der Waals surface area contributed by atoms with Crippen LogP contribution in [0.4, 0.5) is 0 Å². The van der Waals surface area contributed by atoms with Crippen molar-refractivity contribution in [2.24, 2.45) is 0 Å². The molecule has 0 amide bonds. The molecule has 0 atom stereocenters. The zero-order chi connectivity index (χ0) is 13.0. The lowest BCUT2D eigenvalue weighted by atomic mass is 10.2. The van der Waals surface area contributed by atoms with Gasteiger partial charge in [-0.1, -0.05) is 37.3 Å². The monoisotopic (exact) mass is 260 g/mol. The molecule has 0 spiro atoms. The Morgan fingerprint density at radius 2 is 2.00 bits per heavy atom. The van der Waals surface area contributed by atoms with E-state index >= 15 is 0 Å². The third-order valence-electron chi connectivity index (χ3n) is 2.75. The number of benzene rings is 1. The molecule has 0 radical (unpaired) electrons. The number of para-hydroxylation sites is 1. The first-order valence-corrected chi connectivity index (χ1v) is 6.38. The van der Waals surface area contributed by atoms with Crippen molar-refractivity contribution in [1.82, 2.24) is 9.97 Å². The zero-order valence-corrected chi connectivity index (χ0v) is 11.4. The molecule has 18 heavy (non-hydrogen) atoms. The number of hydrogen-bond donors (Lipinski definition) is 1. The first-order valence-electron chi connectivity index (χ1n) is 5.97. The van der Waals surface area contributed by atoms with E-state index in [0.717, 1.165) is 29.3 Å². The SMILES string of the molecule is CCc1c(C)[nH]c(COc2ccccc2)nc1=S. The Bertz CT molecular complexity index is 578. The van der Waals surface area contributed by atoms with Gasteiger partial charge < -0.3 is 9.72 Å². The standard InChI is InChI=1S/C14H16N2OS/c1-3-12-10(2)15-13(16-14(12)18)9-17-11-7-5-4-6-8-11/h4-8H,3,9H2,1-2H3,(H,15,16,18). The zero-order valence-electron chi connectivity index (χ0n) is 10.6. The minimum Gasteiger partial charge on any atom is -0.486 e. The van der Waals surface area contributed by atoms with Gasteiger partial charge in [-0.15, -0.1) is 0 Å². The molecule has 1 aromatic heterocycles. The van der Waals surface area contributed by atoms with E-state index in [-0.39, 0.29) is 0 Å². The summed E-state index contributed by atoms with van der Waals surface area (Å²) in [4.78, 5) is 7.59. The van der Waals surface area contributed by atoms with Crippen LogP contribution in [0.1, 0.15) is 24.0 Å². The van der Waals surface area contributed by atoms with Crippen LogP contribution in [0.3, 0.4) is 0 Å². The molecule has 0 saturated heterocycles. The van der Waals surface area contributed by atoms with Crippen molar-refractivity contribution in [3.63, 3.8) is 0 Å². The van der Waals surface area contributed by atoms with Crippen molar-refractivity contribution < 1.29 is 4.74 Å². The molecule has 3 nitrogen and oxygen atoms in total. The van der Waals surface area contributed by atoms with Crippen LogP contribution in [0.5, 0.6) is 5.75 Å². The average Bonchev–Trinajstić information content (AvgIpc) is 2.37. The maximum atomic E-state index is 5.64. The van der Waals surface area contributed by atoms with Crippen LogP contribution in [-0.2, 0) is 13.0 Å². The third-order valence-corrected chi connectivity index (χ3v) is 3.09. The second-order valence-electron chi connectivity index (χ2n) is 4.05. The summed E-state index contributed by atoms with van der Waals surface area (Å²) in [5.74, 6) is 1.59. The maximum absolute atomic E-state index is 5.64. The molecule has 2 rings (SSSR count). The molecule has 2 aromatic rings. The largest absolute Gasteiger partial charge is 0.486 e. The third kappa shape index (κ3) is 2.96. The summed E-state index contributed by atoms with van der Waals surface area (Å²) >= 11 is 5.27. The Balaban J connectivity index is 2.14. The van der Waals surface area contributed by atoms with Crippen LogP contribution in [0.2, 0.25) is 0 Å². The van der Waals surface area contributed by atoms with E-state index < -0.39 is 0 Å². The van der Waals surface area contributed by atoms with Crippen LogP contribution in [-0.4, -0.2) is 9.97 Å². The second kappa shape index (κ2) is 5.78. The summed E-state index contributed by atoms with van der Waals surface area (Å²) in [6.45, 7) is 4.49. The van der Waals surface area contributed by atoms with Crippen molar-refractivity contribution in [2.75, 3.05) is 0 Å². The van der Waals surface area contributed by atoms with Crippen LogP contribution in [0, 0.1) is 11.6 Å². The number of hydrogen-bond acceptors (Lipinski definition) is 3. The number of aromatic nitrogens is 2. The normalized spacial score (nSPS) is 10.3. The minimum absolute atomic E-state index is 0.401. The van der Waals surface area contributed by atoms with E-state index in [4.69, 9.17) is 17.0 Å². The molecule has 1 N–H and O–H groups in total. The smallest absolute Gasteiger partial charge is 0.146 e. The summed E-state index contributed by atoms with van der Waals surface area (Å²) in [5.41, 5.74) is 2.18. The highest BCUT2D eigenvalue weighted by atomic mass is 32.1. The van der Waals surface area contributed by atoms with E-state index in [0.29, 0.717) is 11.2 Å². The molecule has 94 valence electrons. The van der Waals surface area contributed by atoms with Gasteiger partial charge in [0.2, 0.25) is 0 Å². The number of aryl methyl sites for hydroxylation is 1. The summed E-state index contributed by atoms with van der Waals surface area (Å²) in [6, 6.07) is 9.68. The fraction of sp³-hybridized carbons (Fsp3) is 0.286. The van der Waals surface area contributed by atoms with Crippen molar-refractivity contribution in [3.8, 4) is 5.75 Å². The number of nitrogens with one attached hydrogen (secondary N) is 1. The molecular weight excluding hydrogens is 244 g/mol. The van der Waals surface area contributed by atoms with Crippen LogP contribution in [0.15, 0.2) is 30.3 Å². The Kier molecular flexibility index (Phi) is 4.10. The van der Waals surface area contributed by atoms with Gasteiger partial charge in [0.25, 0.3) is 0 Å². The summed E-state index contributed by atoms with van der Waals surface area (Å²) < 4.78 is 6.30. The van der Waals surface area contributed by atoms with Crippen LogP contribution < -0.4 is 4.74 Å². The molecular formula is C14H16N2OS. The van der Waals surface area contributed by atoms with Crippen molar-refractivity contribution >= 4 is 12.2 Å². The van der Waals surface area contributed by atoms with Crippen molar-refractivity contribution in [2.45, 2.75) is 26.9 Å². The first-order chi connectivity index (χ1) is 8.70. The van der Waals surface area contributed by atoms with E-state index in [1.54, 1.807) is 0 Å². The summed E-state index contributed by atoms with van der Waals surface area (Å²) in [6.07, 6.45) is 0.897. The van der Waals surface area contributed by atoms with Gasteiger partial charge in [-0.3, -0.25) is 0 Å². The van der Waals surface area contributed by atoms with Gasteiger partial charge in [-0.25, -0.2) is 4.98 Å². The fourth-order valence-corrected chi connectivity index (χ4v) is 2.23. The molecule has 0 aliphatic rings. The average molecular weight is 260 g/mol. The predicted octanol–water partition coefficient (Wildman–Crippen LogP) is 3.59.